The zero-order chi connectivity index (χ0) is 11.8. The molecule has 1 saturated heterocycles. The van der Waals surface area contributed by atoms with Gasteiger partial charge >= 0.3 is 0 Å². The lowest BCUT2D eigenvalue weighted by atomic mass is 9.87. The molecule has 1 aliphatic heterocycles. The van der Waals surface area contributed by atoms with Crippen LogP contribution in [0.5, 0.6) is 0 Å². The maximum Gasteiger partial charge on any atom is 0.106 e. The molecule has 16 heavy (non-hydrogen) atoms. The predicted molar refractivity (Wildman–Crippen MR) is 66.3 cm³/mol. The van der Waals surface area contributed by atoms with Gasteiger partial charge in [0.15, 0.2) is 0 Å². The molecular formula is C14H21NO. The van der Waals surface area contributed by atoms with Gasteiger partial charge in [0.25, 0.3) is 0 Å². The van der Waals surface area contributed by atoms with Gasteiger partial charge in [-0.15, -0.1) is 0 Å². The first-order chi connectivity index (χ1) is 7.55. The molecule has 2 rings (SSSR count). The number of likely N-dealkylation sites (tertiary alicyclic amines) is 1. The molecule has 2 unspecified atom stereocenters. The van der Waals surface area contributed by atoms with Crippen molar-refractivity contribution >= 4 is 0 Å². The second-order valence-corrected chi connectivity index (χ2v) is 5.05. The lowest BCUT2D eigenvalue weighted by Crippen LogP contribution is -2.43. The molecule has 0 bridgehead atoms. The molecule has 2 heteroatoms. The predicted octanol–water partition coefficient (Wildman–Crippen LogP) is 2.38. The summed E-state index contributed by atoms with van der Waals surface area (Å²) < 4.78 is 0. The van der Waals surface area contributed by atoms with Crippen LogP contribution in [0.4, 0.5) is 0 Å². The normalized spacial score (nSPS) is 31.2. The highest BCUT2D eigenvalue weighted by atomic mass is 16.3. The highest BCUT2D eigenvalue weighted by Gasteiger charge is 2.45. The SMILES string of the molecule is CC(C)N1CCC(O)(c2ccccc2)C1C. The minimum atomic E-state index is -0.675. The number of rotatable bonds is 2. The first-order valence-electron chi connectivity index (χ1n) is 6.09. The zero-order valence-corrected chi connectivity index (χ0v) is 10.4. The standard InChI is InChI=1S/C14H21NO/c1-11(2)15-10-9-14(16,12(15)3)13-7-5-4-6-8-13/h4-8,11-12,16H,9-10H2,1-3H3. The molecule has 1 fully saturated rings. The van der Waals surface area contributed by atoms with Crippen molar-refractivity contribution in [3.63, 3.8) is 0 Å². The van der Waals surface area contributed by atoms with Crippen molar-refractivity contribution in [2.75, 3.05) is 6.54 Å². The van der Waals surface area contributed by atoms with Gasteiger partial charge in [0, 0.05) is 18.6 Å². The summed E-state index contributed by atoms with van der Waals surface area (Å²) in [4.78, 5) is 2.37. The van der Waals surface area contributed by atoms with E-state index >= 15 is 0 Å². The third-order valence-corrected chi connectivity index (χ3v) is 3.88. The minimum absolute atomic E-state index is 0.190. The van der Waals surface area contributed by atoms with Crippen molar-refractivity contribution < 1.29 is 5.11 Å². The fraction of sp³-hybridized carbons (Fsp3) is 0.571. The van der Waals surface area contributed by atoms with Gasteiger partial charge in [0.1, 0.15) is 5.60 Å². The van der Waals surface area contributed by atoms with Crippen LogP contribution in [0.3, 0.4) is 0 Å². The molecule has 0 spiro atoms. The molecule has 0 saturated carbocycles. The number of hydrogen-bond donors (Lipinski definition) is 1. The summed E-state index contributed by atoms with van der Waals surface area (Å²) in [6.07, 6.45) is 0.830. The van der Waals surface area contributed by atoms with Gasteiger partial charge in [-0.05, 0) is 32.8 Å². The van der Waals surface area contributed by atoms with Crippen molar-refractivity contribution in [2.24, 2.45) is 0 Å². The number of nitrogens with zero attached hydrogens (tertiary/aromatic N) is 1. The quantitative estimate of drug-likeness (QED) is 0.825. The fourth-order valence-corrected chi connectivity index (χ4v) is 2.79. The zero-order valence-electron chi connectivity index (χ0n) is 10.4. The summed E-state index contributed by atoms with van der Waals surface area (Å²) in [7, 11) is 0. The molecule has 1 heterocycles. The Bertz CT molecular complexity index is 349. The molecule has 0 amide bonds. The summed E-state index contributed by atoms with van der Waals surface area (Å²) in [5.41, 5.74) is 0.372. The Labute approximate surface area is 97.9 Å². The van der Waals surface area contributed by atoms with Crippen LogP contribution in [0.1, 0.15) is 32.8 Å². The Balaban J connectivity index is 2.28. The van der Waals surface area contributed by atoms with Gasteiger partial charge in [-0.2, -0.15) is 0 Å². The molecule has 1 N–H and O–H groups in total. The maximum absolute atomic E-state index is 10.8. The van der Waals surface area contributed by atoms with Gasteiger partial charge in [-0.3, -0.25) is 4.90 Å². The molecule has 0 radical (unpaired) electrons. The number of aliphatic hydroxyl groups is 1. The van der Waals surface area contributed by atoms with Crippen LogP contribution in [0.25, 0.3) is 0 Å². The first-order valence-corrected chi connectivity index (χ1v) is 6.09. The molecule has 1 aromatic carbocycles. The average molecular weight is 219 g/mol. The van der Waals surface area contributed by atoms with Crippen LogP contribution in [-0.2, 0) is 5.60 Å². The summed E-state index contributed by atoms with van der Waals surface area (Å²) in [5, 5.41) is 10.8. The van der Waals surface area contributed by atoms with Gasteiger partial charge < -0.3 is 5.11 Å². The first kappa shape index (κ1) is 11.6. The van der Waals surface area contributed by atoms with Gasteiger partial charge in [-0.1, -0.05) is 30.3 Å². The van der Waals surface area contributed by atoms with E-state index in [4.69, 9.17) is 0 Å². The Morgan fingerprint density at radius 3 is 2.44 bits per heavy atom. The van der Waals surface area contributed by atoms with Crippen LogP contribution in [-0.4, -0.2) is 28.6 Å². The van der Waals surface area contributed by atoms with Crippen LogP contribution < -0.4 is 0 Å². The van der Waals surface area contributed by atoms with E-state index in [1.54, 1.807) is 0 Å². The Kier molecular flexibility index (Phi) is 3.04. The Morgan fingerprint density at radius 2 is 1.94 bits per heavy atom. The monoisotopic (exact) mass is 219 g/mol. The van der Waals surface area contributed by atoms with E-state index in [9.17, 15) is 5.11 Å². The van der Waals surface area contributed by atoms with Crippen molar-refractivity contribution in [2.45, 2.75) is 44.9 Å². The second-order valence-electron chi connectivity index (χ2n) is 5.05. The minimum Gasteiger partial charge on any atom is -0.383 e. The second kappa shape index (κ2) is 4.19. The molecule has 0 aromatic heterocycles. The van der Waals surface area contributed by atoms with Crippen LogP contribution in [0, 0.1) is 0 Å². The number of benzene rings is 1. The largest absolute Gasteiger partial charge is 0.383 e. The fourth-order valence-electron chi connectivity index (χ4n) is 2.79. The van der Waals surface area contributed by atoms with Crippen molar-refractivity contribution in [1.29, 1.82) is 0 Å². The van der Waals surface area contributed by atoms with E-state index in [0.29, 0.717) is 6.04 Å². The van der Waals surface area contributed by atoms with E-state index in [-0.39, 0.29) is 6.04 Å². The van der Waals surface area contributed by atoms with Crippen LogP contribution in [0.15, 0.2) is 30.3 Å². The topological polar surface area (TPSA) is 23.5 Å². The maximum atomic E-state index is 10.8. The molecule has 2 nitrogen and oxygen atoms in total. The molecule has 1 aromatic rings. The van der Waals surface area contributed by atoms with Gasteiger partial charge in [-0.25, -0.2) is 0 Å². The van der Waals surface area contributed by atoms with Crippen molar-refractivity contribution in [1.82, 2.24) is 4.90 Å². The summed E-state index contributed by atoms with van der Waals surface area (Å²) in [6, 6.07) is 10.7. The molecule has 88 valence electrons. The van der Waals surface area contributed by atoms with Crippen molar-refractivity contribution in [3.8, 4) is 0 Å². The van der Waals surface area contributed by atoms with E-state index in [1.165, 1.54) is 0 Å². The van der Waals surface area contributed by atoms with E-state index in [0.717, 1.165) is 18.5 Å². The molecule has 2 atom stereocenters. The lowest BCUT2D eigenvalue weighted by molar-refractivity contribution is 0.000411. The van der Waals surface area contributed by atoms with Gasteiger partial charge in [0.2, 0.25) is 0 Å². The van der Waals surface area contributed by atoms with E-state index in [1.807, 2.05) is 30.3 Å². The lowest BCUT2D eigenvalue weighted by Gasteiger charge is -2.33. The molecular weight excluding hydrogens is 198 g/mol. The van der Waals surface area contributed by atoms with Crippen LogP contribution >= 0.6 is 0 Å². The molecule has 1 aliphatic rings. The average Bonchev–Trinajstić information content (AvgIpc) is 2.58. The highest BCUT2D eigenvalue weighted by molar-refractivity contribution is 5.26. The van der Waals surface area contributed by atoms with Crippen molar-refractivity contribution in [3.05, 3.63) is 35.9 Å². The van der Waals surface area contributed by atoms with E-state index in [2.05, 4.69) is 25.7 Å². The molecule has 0 aliphatic carbocycles. The third kappa shape index (κ3) is 1.76. The summed E-state index contributed by atoms with van der Waals surface area (Å²) in [5.74, 6) is 0. The Hall–Kier alpha value is -0.860. The summed E-state index contributed by atoms with van der Waals surface area (Å²) in [6.45, 7) is 7.48. The summed E-state index contributed by atoms with van der Waals surface area (Å²) >= 11 is 0. The Morgan fingerprint density at radius 1 is 1.31 bits per heavy atom. The highest BCUT2D eigenvalue weighted by Crippen LogP contribution is 2.38. The third-order valence-electron chi connectivity index (χ3n) is 3.88. The van der Waals surface area contributed by atoms with Gasteiger partial charge in [0.05, 0.1) is 0 Å². The number of hydrogen-bond acceptors (Lipinski definition) is 2. The van der Waals surface area contributed by atoms with E-state index < -0.39 is 5.60 Å². The smallest absolute Gasteiger partial charge is 0.106 e. The van der Waals surface area contributed by atoms with Crippen LogP contribution in [0.2, 0.25) is 0 Å².